The largest absolute Gasteiger partial charge is 0.466 e. The molecule has 0 rings (SSSR count). The molecular formula is C68H131NO5. The van der Waals surface area contributed by atoms with Gasteiger partial charge in [0.15, 0.2) is 0 Å². The van der Waals surface area contributed by atoms with E-state index in [1.165, 1.54) is 302 Å². The number of aliphatic hydroxyl groups is 2. The first-order valence-corrected chi connectivity index (χ1v) is 33.6. The van der Waals surface area contributed by atoms with Crippen LogP contribution in [0.5, 0.6) is 0 Å². The smallest absolute Gasteiger partial charge is 0.305 e. The predicted octanol–water partition coefficient (Wildman–Crippen LogP) is 21.4. The molecule has 0 aliphatic carbocycles. The van der Waals surface area contributed by atoms with E-state index in [1.807, 2.05) is 6.08 Å². The van der Waals surface area contributed by atoms with E-state index >= 15 is 0 Å². The maximum atomic E-state index is 12.5. The summed E-state index contributed by atoms with van der Waals surface area (Å²) in [5.74, 6) is -0.0638. The standard InChI is InChI=1S/C68H131NO5/c1-3-5-7-9-11-13-15-17-19-20-21-22-23-24-27-30-33-36-40-44-48-52-56-60-66(71)65(64-70)69-67(72)61-57-53-49-45-41-37-34-31-28-25-26-29-32-35-39-43-47-51-55-59-63-74-68(73)62-58-54-50-46-42-38-18-16-14-12-10-8-6-4-2/h16,18,56,60,65-66,70-71H,3-15,17,19-55,57-59,61-64H2,1-2H3,(H,69,72)/b18-16-,60-56+. The Morgan fingerprint density at radius 1 is 0.365 bits per heavy atom. The highest BCUT2D eigenvalue weighted by atomic mass is 16.5. The molecule has 0 heterocycles. The summed E-state index contributed by atoms with van der Waals surface area (Å²) in [6, 6.07) is -0.630. The summed E-state index contributed by atoms with van der Waals surface area (Å²) in [5, 5.41) is 23.3. The lowest BCUT2D eigenvalue weighted by Gasteiger charge is -2.20. The molecule has 0 saturated heterocycles. The average Bonchev–Trinajstić information content (AvgIpc) is 3.40. The number of aliphatic hydroxyl groups excluding tert-OH is 2. The number of unbranched alkanes of at least 4 members (excludes halogenated alkanes) is 50. The van der Waals surface area contributed by atoms with E-state index in [0.29, 0.717) is 19.4 Å². The van der Waals surface area contributed by atoms with Crippen LogP contribution in [0.1, 0.15) is 373 Å². The van der Waals surface area contributed by atoms with E-state index in [0.717, 1.165) is 44.9 Å². The monoisotopic (exact) mass is 1040 g/mol. The van der Waals surface area contributed by atoms with Gasteiger partial charge >= 0.3 is 5.97 Å². The molecule has 0 saturated carbocycles. The van der Waals surface area contributed by atoms with Gasteiger partial charge in [0.1, 0.15) is 0 Å². The normalized spacial score (nSPS) is 12.6. The lowest BCUT2D eigenvalue weighted by molar-refractivity contribution is -0.143. The van der Waals surface area contributed by atoms with E-state index in [9.17, 15) is 19.8 Å². The second-order valence-electron chi connectivity index (χ2n) is 23.2. The van der Waals surface area contributed by atoms with Crippen LogP contribution in [0.25, 0.3) is 0 Å². The van der Waals surface area contributed by atoms with Crippen molar-refractivity contribution in [1.82, 2.24) is 5.32 Å². The number of allylic oxidation sites excluding steroid dienone is 3. The minimum absolute atomic E-state index is 0.00216. The Balaban J connectivity index is 3.42. The number of hydrogen-bond acceptors (Lipinski definition) is 5. The Labute approximate surface area is 462 Å². The predicted molar refractivity (Wildman–Crippen MR) is 324 cm³/mol. The Hall–Kier alpha value is -1.66. The number of rotatable bonds is 63. The molecular weight excluding hydrogens is 911 g/mol. The van der Waals surface area contributed by atoms with Crippen LogP contribution < -0.4 is 5.32 Å². The number of esters is 1. The maximum Gasteiger partial charge on any atom is 0.305 e. The molecule has 2 unspecified atom stereocenters. The van der Waals surface area contributed by atoms with Crippen LogP contribution in [0.3, 0.4) is 0 Å². The summed E-state index contributed by atoms with van der Waals surface area (Å²) in [6.45, 7) is 4.92. The molecule has 0 aliphatic heterocycles. The minimum atomic E-state index is -0.847. The van der Waals surface area contributed by atoms with Crippen molar-refractivity contribution in [3.8, 4) is 0 Å². The lowest BCUT2D eigenvalue weighted by atomic mass is 10.0. The van der Waals surface area contributed by atoms with Crippen molar-refractivity contribution in [3.63, 3.8) is 0 Å². The van der Waals surface area contributed by atoms with Gasteiger partial charge in [0.05, 0.1) is 25.4 Å². The fourth-order valence-electron chi connectivity index (χ4n) is 10.6. The number of carbonyl (C=O) groups is 2. The molecule has 438 valence electrons. The van der Waals surface area contributed by atoms with Crippen LogP contribution in [-0.4, -0.2) is 47.4 Å². The highest BCUT2D eigenvalue weighted by Gasteiger charge is 2.18. The molecule has 0 aromatic rings. The molecule has 0 aromatic heterocycles. The van der Waals surface area contributed by atoms with Crippen molar-refractivity contribution < 1.29 is 24.5 Å². The van der Waals surface area contributed by atoms with Crippen molar-refractivity contribution in [3.05, 3.63) is 24.3 Å². The van der Waals surface area contributed by atoms with Crippen LogP contribution in [0, 0.1) is 0 Å². The van der Waals surface area contributed by atoms with E-state index in [4.69, 9.17) is 4.74 Å². The molecule has 74 heavy (non-hydrogen) atoms. The molecule has 2 atom stereocenters. The van der Waals surface area contributed by atoms with Crippen molar-refractivity contribution >= 4 is 11.9 Å². The van der Waals surface area contributed by atoms with Crippen LogP contribution in [-0.2, 0) is 14.3 Å². The summed E-state index contributed by atoms with van der Waals surface area (Å²) in [6.07, 6.45) is 79.5. The summed E-state index contributed by atoms with van der Waals surface area (Å²) < 4.78 is 5.48. The zero-order valence-electron chi connectivity index (χ0n) is 50.1. The first-order valence-electron chi connectivity index (χ1n) is 33.6. The van der Waals surface area contributed by atoms with Crippen molar-refractivity contribution in [2.45, 2.75) is 386 Å². The average molecular weight is 1040 g/mol. The summed E-state index contributed by atoms with van der Waals surface area (Å²) in [7, 11) is 0. The van der Waals surface area contributed by atoms with Gasteiger partial charge in [-0.1, -0.05) is 327 Å². The zero-order valence-corrected chi connectivity index (χ0v) is 50.1. The third-order valence-electron chi connectivity index (χ3n) is 15.7. The molecule has 6 nitrogen and oxygen atoms in total. The Morgan fingerprint density at radius 3 is 0.959 bits per heavy atom. The van der Waals surface area contributed by atoms with Gasteiger partial charge in [0.25, 0.3) is 0 Å². The van der Waals surface area contributed by atoms with Gasteiger partial charge < -0.3 is 20.3 Å². The SMILES string of the molecule is CCCCCCC/C=C\CCCCCCCC(=O)OCCCCCCCCCCCCCCCCCCCCCCC(=O)NC(CO)C(O)/C=C/CCCCCCCCCCCCCCCCCCCCCCC. The number of hydrogen-bond donors (Lipinski definition) is 3. The first-order chi connectivity index (χ1) is 36.5. The quantitative estimate of drug-likeness (QED) is 0.0320. The number of carbonyl (C=O) groups excluding carboxylic acids is 2. The Morgan fingerprint density at radius 2 is 0.635 bits per heavy atom. The number of nitrogens with one attached hydrogen (secondary N) is 1. The van der Waals surface area contributed by atoms with Crippen LogP contribution in [0.2, 0.25) is 0 Å². The first kappa shape index (κ1) is 72.3. The molecule has 1 amide bonds. The summed E-state index contributed by atoms with van der Waals surface area (Å²) in [5.41, 5.74) is 0. The van der Waals surface area contributed by atoms with Crippen molar-refractivity contribution in [1.29, 1.82) is 0 Å². The van der Waals surface area contributed by atoms with Gasteiger partial charge in [0, 0.05) is 12.8 Å². The van der Waals surface area contributed by atoms with Crippen LogP contribution in [0.15, 0.2) is 24.3 Å². The Kier molecular flexibility index (Phi) is 62.4. The lowest BCUT2D eigenvalue weighted by Crippen LogP contribution is -2.45. The molecule has 6 heteroatoms. The van der Waals surface area contributed by atoms with Crippen molar-refractivity contribution in [2.75, 3.05) is 13.2 Å². The molecule has 0 bridgehead atoms. The second kappa shape index (κ2) is 63.9. The highest BCUT2D eigenvalue weighted by Crippen LogP contribution is 2.18. The Bertz CT molecular complexity index is 1150. The van der Waals surface area contributed by atoms with E-state index < -0.39 is 12.1 Å². The maximum absolute atomic E-state index is 12.5. The van der Waals surface area contributed by atoms with Crippen LogP contribution in [0.4, 0.5) is 0 Å². The fourth-order valence-corrected chi connectivity index (χ4v) is 10.6. The van der Waals surface area contributed by atoms with Gasteiger partial charge in [-0.15, -0.1) is 0 Å². The van der Waals surface area contributed by atoms with Gasteiger partial charge in [-0.2, -0.15) is 0 Å². The molecule has 0 spiro atoms. The number of ether oxygens (including phenoxy) is 1. The molecule has 0 radical (unpaired) electrons. The topological polar surface area (TPSA) is 95.9 Å². The van der Waals surface area contributed by atoms with E-state index in [2.05, 4.69) is 31.3 Å². The second-order valence-corrected chi connectivity index (χ2v) is 23.2. The van der Waals surface area contributed by atoms with Crippen molar-refractivity contribution in [2.24, 2.45) is 0 Å². The number of amides is 1. The molecule has 3 N–H and O–H groups in total. The highest BCUT2D eigenvalue weighted by molar-refractivity contribution is 5.76. The van der Waals surface area contributed by atoms with Gasteiger partial charge in [-0.3, -0.25) is 9.59 Å². The minimum Gasteiger partial charge on any atom is -0.466 e. The van der Waals surface area contributed by atoms with E-state index in [1.54, 1.807) is 6.08 Å². The third-order valence-corrected chi connectivity index (χ3v) is 15.7. The van der Waals surface area contributed by atoms with Crippen LogP contribution >= 0.6 is 0 Å². The fraction of sp³-hybridized carbons (Fsp3) is 0.912. The molecule has 0 fully saturated rings. The van der Waals surface area contributed by atoms with Gasteiger partial charge in [-0.05, 0) is 57.8 Å². The summed E-state index contributed by atoms with van der Waals surface area (Å²) in [4.78, 5) is 24.6. The molecule has 0 aromatic carbocycles. The van der Waals surface area contributed by atoms with Gasteiger partial charge in [-0.25, -0.2) is 0 Å². The van der Waals surface area contributed by atoms with Gasteiger partial charge in [0.2, 0.25) is 5.91 Å². The summed E-state index contributed by atoms with van der Waals surface area (Å²) >= 11 is 0. The zero-order chi connectivity index (χ0) is 53.6. The molecule has 0 aliphatic rings. The third kappa shape index (κ3) is 59.6. The van der Waals surface area contributed by atoms with E-state index in [-0.39, 0.29) is 18.5 Å².